The van der Waals surface area contributed by atoms with Gasteiger partial charge in [0.1, 0.15) is 0 Å². The quantitative estimate of drug-likeness (QED) is 0.672. The van der Waals surface area contributed by atoms with Crippen LogP contribution in [0.15, 0.2) is 59.3 Å². The number of benzene rings is 1. The summed E-state index contributed by atoms with van der Waals surface area (Å²) in [6.07, 6.45) is 2.98. The number of para-hydroxylation sites is 1. The molecule has 2 N–H and O–H groups in total. The van der Waals surface area contributed by atoms with E-state index >= 15 is 0 Å². The second-order valence-corrected chi connectivity index (χ2v) is 5.38. The van der Waals surface area contributed by atoms with Crippen molar-refractivity contribution < 1.29 is 14.0 Å². The van der Waals surface area contributed by atoms with Crippen molar-refractivity contribution in [1.29, 1.82) is 0 Å². The first kappa shape index (κ1) is 16.5. The van der Waals surface area contributed by atoms with Gasteiger partial charge in [0.15, 0.2) is 5.76 Å². The van der Waals surface area contributed by atoms with E-state index in [0.717, 1.165) is 11.4 Å². The van der Waals surface area contributed by atoms with Gasteiger partial charge in [-0.2, -0.15) is 5.10 Å². The number of carbonyl (C=O) groups is 2. The molecule has 25 heavy (non-hydrogen) atoms. The number of furan rings is 1. The molecule has 128 valence electrons. The number of hydrogen-bond acceptors (Lipinski definition) is 4. The Bertz CT molecular complexity index is 854. The SMILES string of the molecule is Cc1c(C(=O)NCCNC(=O)c2ccco2)cnn1-c1ccccc1. The first-order valence-corrected chi connectivity index (χ1v) is 7.87. The Hall–Kier alpha value is -3.35. The molecule has 0 atom stereocenters. The van der Waals surface area contributed by atoms with E-state index in [9.17, 15) is 9.59 Å². The lowest BCUT2D eigenvalue weighted by Crippen LogP contribution is -2.34. The zero-order valence-corrected chi connectivity index (χ0v) is 13.7. The van der Waals surface area contributed by atoms with Crippen LogP contribution in [0.3, 0.4) is 0 Å². The molecule has 1 aromatic carbocycles. The van der Waals surface area contributed by atoms with Gasteiger partial charge in [-0.25, -0.2) is 4.68 Å². The molecule has 0 radical (unpaired) electrons. The Kier molecular flexibility index (Phi) is 4.94. The van der Waals surface area contributed by atoms with Crippen LogP contribution in [-0.2, 0) is 0 Å². The van der Waals surface area contributed by atoms with Crippen molar-refractivity contribution >= 4 is 11.8 Å². The zero-order chi connectivity index (χ0) is 17.6. The first-order valence-electron chi connectivity index (χ1n) is 7.87. The van der Waals surface area contributed by atoms with Gasteiger partial charge >= 0.3 is 0 Å². The van der Waals surface area contributed by atoms with Crippen LogP contribution in [0.1, 0.15) is 26.6 Å². The van der Waals surface area contributed by atoms with Crippen molar-refractivity contribution in [2.75, 3.05) is 13.1 Å². The number of hydrogen-bond donors (Lipinski definition) is 2. The van der Waals surface area contributed by atoms with Crippen LogP contribution in [0, 0.1) is 6.92 Å². The number of amides is 2. The minimum Gasteiger partial charge on any atom is -0.459 e. The highest BCUT2D eigenvalue weighted by Gasteiger charge is 2.15. The van der Waals surface area contributed by atoms with Crippen molar-refractivity contribution in [3.8, 4) is 5.69 Å². The summed E-state index contributed by atoms with van der Waals surface area (Å²) in [5, 5.41) is 9.71. The third-order valence-electron chi connectivity index (χ3n) is 3.70. The van der Waals surface area contributed by atoms with Gasteiger partial charge in [-0.05, 0) is 31.2 Å². The van der Waals surface area contributed by atoms with Gasteiger partial charge in [0.2, 0.25) is 0 Å². The molecule has 0 fully saturated rings. The van der Waals surface area contributed by atoms with Gasteiger partial charge in [-0.1, -0.05) is 18.2 Å². The van der Waals surface area contributed by atoms with Gasteiger partial charge < -0.3 is 15.1 Å². The second-order valence-electron chi connectivity index (χ2n) is 5.38. The lowest BCUT2D eigenvalue weighted by molar-refractivity contribution is 0.0910. The van der Waals surface area contributed by atoms with E-state index < -0.39 is 0 Å². The first-order chi connectivity index (χ1) is 12.2. The van der Waals surface area contributed by atoms with Crippen molar-refractivity contribution in [2.45, 2.75) is 6.92 Å². The standard InChI is InChI=1S/C18H18N4O3/c1-13-15(12-21-22(13)14-6-3-2-4-7-14)17(23)19-9-10-20-18(24)16-8-5-11-25-16/h2-8,11-12H,9-10H2,1H3,(H,19,23)(H,20,24). The Morgan fingerprint density at radius 1 is 1.04 bits per heavy atom. The lowest BCUT2D eigenvalue weighted by Gasteiger charge is -2.07. The zero-order valence-electron chi connectivity index (χ0n) is 13.7. The molecule has 0 aliphatic carbocycles. The number of rotatable bonds is 6. The lowest BCUT2D eigenvalue weighted by atomic mass is 10.2. The van der Waals surface area contributed by atoms with Crippen molar-refractivity contribution in [3.63, 3.8) is 0 Å². The summed E-state index contributed by atoms with van der Waals surface area (Å²) in [5.74, 6) is -0.300. The van der Waals surface area contributed by atoms with Gasteiger partial charge in [0.25, 0.3) is 11.8 Å². The monoisotopic (exact) mass is 338 g/mol. The fourth-order valence-corrected chi connectivity index (χ4v) is 2.40. The largest absolute Gasteiger partial charge is 0.459 e. The molecule has 0 unspecified atom stereocenters. The normalized spacial score (nSPS) is 10.4. The Morgan fingerprint density at radius 3 is 2.44 bits per heavy atom. The predicted molar refractivity (Wildman–Crippen MR) is 91.7 cm³/mol. The van der Waals surface area contributed by atoms with E-state index in [4.69, 9.17) is 4.42 Å². The second kappa shape index (κ2) is 7.48. The number of nitrogens with zero attached hydrogens (tertiary/aromatic N) is 2. The summed E-state index contributed by atoms with van der Waals surface area (Å²) in [6, 6.07) is 12.8. The van der Waals surface area contributed by atoms with Crippen molar-refractivity contribution in [1.82, 2.24) is 20.4 Å². The molecule has 3 rings (SSSR count). The number of aromatic nitrogens is 2. The van der Waals surface area contributed by atoms with Crippen LogP contribution in [0.5, 0.6) is 0 Å². The van der Waals surface area contributed by atoms with E-state index in [2.05, 4.69) is 15.7 Å². The molecule has 0 aliphatic rings. The maximum atomic E-state index is 12.3. The van der Waals surface area contributed by atoms with Crippen LogP contribution in [0.4, 0.5) is 0 Å². The van der Waals surface area contributed by atoms with Crippen molar-refractivity contribution in [2.24, 2.45) is 0 Å². The third-order valence-corrected chi connectivity index (χ3v) is 3.70. The molecular formula is C18H18N4O3. The molecule has 3 aromatic rings. The average Bonchev–Trinajstić information content (AvgIpc) is 3.29. The average molecular weight is 338 g/mol. The fourth-order valence-electron chi connectivity index (χ4n) is 2.40. The van der Waals surface area contributed by atoms with E-state index in [1.807, 2.05) is 37.3 Å². The minimum absolute atomic E-state index is 0.230. The summed E-state index contributed by atoms with van der Waals surface area (Å²) in [7, 11) is 0. The van der Waals surface area contributed by atoms with Crippen LogP contribution in [0.2, 0.25) is 0 Å². The van der Waals surface area contributed by atoms with Crippen molar-refractivity contribution in [3.05, 3.63) is 71.9 Å². The van der Waals surface area contributed by atoms with Gasteiger partial charge in [0, 0.05) is 13.1 Å². The van der Waals surface area contributed by atoms with Gasteiger partial charge in [-0.15, -0.1) is 0 Å². The summed E-state index contributed by atoms with van der Waals surface area (Å²) in [4.78, 5) is 24.0. The maximum Gasteiger partial charge on any atom is 0.287 e. The van der Waals surface area contributed by atoms with Gasteiger partial charge in [0.05, 0.1) is 29.4 Å². The summed E-state index contributed by atoms with van der Waals surface area (Å²) < 4.78 is 6.71. The highest BCUT2D eigenvalue weighted by atomic mass is 16.3. The van der Waals surface area contributed by atoms with Crippen LogP contribution in [0.25, 0.3) is 5.69 Å². The Balaban J connectivity index is 1.54. The molecule has 0 saturated heterocycles. The van der Waals surface area contributed by atoms with E-state index in [0.29, 0.717) is 18.7 Å². The Labute approximate surface area is 144 Å². The maximum absolute atomic E-state index is 12.3. The Morgan fingerprint density at radius 2 is 1.76 bits per heavy atom. The molecule has 2 heterocycles. The molecule has 0 aliphatic heterocycles. The summed E-state index contributed by atoms with van der Waals surface area (Å²) >= 11 is 0. The highest BCUT2D eigenvalue weighted by molar-refractivity contribution is 5.95. The summed E-state index contributed by atoms with van der Waals surface area (Å²) in [6.45, 7) is 2.45. The molecular weight excluding hydrogens is 320 g/mol. The minimum atomic E-state index is -0.313. The number of carbonyl (C=O) groups excluding carboxylic acids is 2. The molecule has 7 heteroatoms. The topological polar surface area (TPSA) is 89.2 Å². The highest BCUT2D eigenvalue weighted by Crippen LogP contribution is 2.13. The smallest absolute Gasteiger partial charge is 0.287 e. The van der Waals surface area contributed by atoms with E-state index in [1.165, 1.54) is 6.26 Å². The molecule has 0 bridgehead atoms. The van der Waals surface area contributed by atoms with Crippen LogP contribution < -0.4 is 10.6 Å². The third kappa shape index (κ3) is 3.77. The van der Waals surface area contributed by atoms with E-state index in [-0.39, 0.29) is 17.6 Å². The summed E-state index contributed by atoms with van der Waals surface area (Å²) in [5.41, 5.74) is 2.15. The van der Waals surface area contributed by atoms with Crippen LogP contribution >= 0.6 is 0 Å². The fraction of sp³-hybridized carbons (Fsp3) is 0.167. The molecule has 0 saturated carbocycles. The van der Waals surface area contributed by atoms with Gasteiger partial charge in [-0.3, -0.25) is 9.59 Å². The number of nitrogens with one attached hydrogen (secondary N) is 2. The molecule has 0 spiro atoms. The molecule has 7 nitrogen and oxygen atoms in total. The molecule has 2 aromatic heterocycles. The predicted octanol–water partition coefficient (Wildman–Crippen LogP) is 1.93. The van der Waals surface area contributed by atoms with E-state index in [1.54, 1.807) is 23.0 Å². The molecule has 2 amide bonds. The van der Waals surface area contributed by atoms with Crippen LogP contribution in [-0.4, -0.2) is 34.7 Å².